The van der Waals surface area contributed by atoms with Crippen molar-refractivity contribution in [1.29, 1.82) is 0 Å². The number of benzene rings is 1. The first-order valence-electron chi connectivity index (χ1n) is 6.62. The summed E-state index contributed by atoms with van der Waals surface area (Å²) in [4.78, 5) is 12.0. The van der Waals surface area contributed by atoms with E-state index in [0.717, 1.165) is 17.7 Å². The number of hydrogen-bond acceptors (Lipinski definition) is 4. The first kappa shape index (κ1) is 12.7. The van der Waals surface area contributed by atoms with Gasteiger partial charge in [-0.2, -0.15) is 5.10 Å². The van der Waals surface area contributed by atoms with E-state index in [-0.39, 0.29) is 11.9 Å². The van der Waals surface area contributed by atoms with Gasteiger partial charge < -0.3 is 9.47 Å². The van der Waals surface area contributed by atoms with Gasteiger partial charge in [-0.15, -0.1) is 0 Å². The lowest BCUT2D eigenvalue weighted by atomic mass is 9.94. The quantitative estimate of drug-likeness (QED) is 0.803. The van der Waals surface area contributed by atoms with Crippen LogP contribution in [0, 0.1) is 0 Å². The molecule has 0 N–H and O–H groups in total. The summed E-state index contributed by atoms with van der Waals surface area (Å²) in [6.45, 7) is 1.02. The van der Waals surface area contributed by atoms with Crippen molar-refractivity contribution in [3.63, 3.8) is 0 Å². The lowest BCUT2D eigenvalue weighted by Gasteiger charge is -2.25. The standard InChI is InChI=1S/C15H16N2O3/c1-17-13(6-8-16-17)15(18)20-10-11-7-9-19-14-5-3-2-4-12(11)14/h2-6,8,11H,7,9-10H2,1H3/t11-/m1/s1. The van der Waals surface area contributed by atoms with E-state index in [0.29, 0.717) is 18.9 Å². The summed E-state index contributed by atoms with van der Waals surface area (Å²) in [5, 5.41) is 3.96. The van der Waals surface area contributed by atoms with E-state index < -0.39 is 0 Å². The summed E-state index contributed by atoms with van der Waals surface area (Å²) in [5.41, 5.74) is 1.57. The third-order valence-corrected chi connectivity index (χ3v) is 3.53. The van der Waals surface area contributed by atoms with Gasteiger partial charge in [-0.05, 0) is 18.6 Å². The normalized spacial score (nSPS) is 17.1. The fourth-order valence-corrected chi connectivity index (χ4v) is 2.41. The third kappa shape index (κ3) is 2.39. The fraction of sp³-hybridized carbons (Fsp3) is 0.333. The number of hydrogen-bond donors (Lipinski definition) is 0. The summed E-state index contributed by atoms with van der Waals surface area (Å²) in [7, 11) is 1.72. The number of esters is 1. The molecule has 0 spiro atoms. The van der Waals surface area contributed by atoms with Crippen LogP contribution < -0.4 is 4.74 Å². The second-order valence-corrected chi connectivity index (χ2v) is 4.81. The SMILES string of the molecule is Cn1nccc1C(=O)OC[C@H]1CCOc2ccccc21. The molecule has 1 aliphatic rings. The summed E-state index contributed by atoms with van der Waals surface area (Å²) < 4.78 is 12.5. The molecule has 2 aromatic rings. The van der Waals surface area contributed by atoms with Gasteiger partial charge in [0, 0.05) is 24.7 Å². The molecule has 5 heteroatoms. The van der Waals surface area contributed by atoms with E-state index in [1.807, 2.05) is 24.3 Å². The minimum Gasteiger partial charge on any atom is -0.493 e. The van der Waals surface area contributed by atoms with Crippen LogP contribution in [-0.4, -0.2) is 29.0 Å². The number of para-hydroxylation sites is 1. The Balaban J connectivity index is 1.68. The molecular formula is C15H16N2O3. The minimum atomic E-state index is -0.339. The average Bonchev–Trinajstić information content (AvgIpc) is 2.91. The Bertz CT molecular complexity index is 621. The molecule has 0 saturated carbocycles. The number of nitrogens with zero attached hydrogens (tertiary/aromatic N) is 2. The van der Waals surface area contributed by atoms with Crippen molar-refractivity contribution in [3.05, 3.63) is 47.8 Å². The highest BCUT2D eigenvalue weighted by atomic mass is 16.5. The maximum atomic E-state index is 12.0. The molecule has 0 aliphatic carbocycles. The molecule has 1 atom stereocenters. The number of aromatic nitrogens is 2. The zero-order valence-electron chi connectivity index (χ0n) is 11.3. The molecule has 0 radical (unpaired) electrons. The summed E-state index contributed by atoms with van der Waals surface area (Å²) in [6.07, 6.45) is 2.44. The Morgan fingerprint density at radius 2 is 2.30 bits per heavy atom. The molecule has 0 bridgehead atoms. The molecule has 1 aliphatic heterocycles. The van der Waals surface area contributed by atoms with Crippen LogP contribution >= 0.6 is 0 Å². The van der Waals surface area contributed by atoms with E-state index in [2.05, 4.69) is 5.10 Å². The molecule has 0 fully saturated rings. The highest BCUT2D eigenvalue weighted by Gasteiger charge is 2.23. The number of rotatable bonds is 3. The molecule has 3 rings (SSSR count). The van der Waals surface area contributed by atoms with Gasteiger partial charge in [0.2, 0.25) is 0 Å². The van der Waals surface area contributed by atoms with Crippen LogP contribution in [0.15, 0.2) is 36.5 Å². The van der Waals surface area contributed by atoms with Gasteiger partial charge in [0.15, 0.2) is 0 Å². The van der Waals surface area contributed by atoms with Crippen molar-refractivity contribution in [2.45, 2.75) is 12.3 Å². The first-order valence-corrected chi connectivity index (χ1v) is 6.62. The van der Waals surface area contributed by atoms with Crippen molar-refractivity contribution < 1.29 is 14.3 Å². The Hall–Kier alpha value is -2.30. The Morgan fingerprint density at radius 3 is 3.10 bits per heavy atom. The van der Waals surface area contributed by atoms with Crippen molar-refractivity contribution >= 4 is 5.97 Å². The molecular weight excluding hydrogens is 256 g/mol. The van der Waals surface area contributed by atoms with E-state index in [1.165, 1.54) is 4.68 Å². The molecule has 5 nitrogen and oxygen atoms in total. The van der Waals surface area contributed by atoms with Gasteiger partial charge in [-0.25, -0.2) is 4.79 Å². The lowest BCUT2D eigenvalue weighted by Crippen LogP contribution is -2.21. The highest BCUT2D eigenvalue weighted by molar-refractivity contribution is 5.87. The van der Waals surface area contributed by atoms with Crippen molar-refractivity contribution in [2.24, 2.45) is 7.05 Å². The summed E-state index contributed by atoms with van der Waals surface area (Å²) in [5.74, 6) is 0.742. The van der Waals surface area contributed by atoms with Crippen LogP contribution in [0.3, 0.4) is 0 Å². The van der Waals surface area contributed by atoms with E-state index >= 15 is 0 Å². The molecule has 104 valence electrons. The van der Waals surface area contributed by atoms with Crippen LogP contribution in [0.25, 0.3) is 0 Å². The zero-order valence-corrected chi connectivity index (χ0v) is 11.3. The molecule has 0 unspecified atom stereocenters. The summed E-state index contributed by atoms with van der Waals surface area (Å²) in [6, 6.07) is 9.55. The van der Waals surface area contributed by atoms with Crippen LogP contribution in [0.2, 0.25) is 0 Å². The number of fused-ring (bicyclic) bond motifs is 1. The number of carbonyl (C=O) groups excluding carboxylic acids is 1. The van der Waals surface area contributed by atoms with Crippen LogP contribution in [-0.2, 0) is 11.8 Å². The molecule has 1 aromatic carbocycles. The smallest absolute Gasteiger partial charge is 0.356 e. The van der Waals surface area contributed by atoms with Gasteiger partial charge in [0.05, 0.1) is 13.2 Å². The monoisotopic (exact) mass is 272 g/mol. The van der Waals surface area contributed by atoms with Gasteiger partial charge >= 0.3 is 5.97 Å². The largest absolute Gasteiger partial charge is 0.493 e. The van der Waals surface area contributed by atoms with Crippen LogP contribution in [0.4, 0.5) is 0 Å². The van der Waals surface area contributed by atoms with E-state index in [9.17, 15) is 4.79 Å². The fourth-order valence-electron chi connectivity index (χ4n) is 2.41. The predicted octanol–water partition coefficient (Wildman–Crippen LogP) is 2.14. The van der Waals surface area contributed by atoms with Crippen LogP contribution in [0.1, 0.15) is 28.4 Å². The maximum Gasteiger partial charge on any atom is 0.356 e. The van der Waals surface area contributed by atoms with Crippen molar-refractivity contribution in [1.82, 2.24) is 9.78 Å². The maximum absolute atomic E-state index is 12.0. The number of carbonyl (C=O) groups is 1. The number of aryl methyl sites for hydroxylation is 1. The van der Waals surface area contributed by atoms with Gasteiger partial charge in [0.1, 0.15) is 11.4 Å². The molecule has 0 saturated heterocycles. The predicted molar refractivity (Wildman–Crippen MR) is 72.8 cm³/mol. The van der Waals surface area contributed by atoms with Gasteiger partial charge in [-0.3, -0.25) is 4.68 Å². The van der Waals surface area contributed by atoms with E-state index in [1.54, 1.807) is 19.3 Å². The Labute approximate surface area is 117 Å². The summed E-state index contributed by atoms with van der Waals surface area (Å²) >= 11 is 0. The van der Waals surface area contributed by atoms with Gasteiger partial charge in [-0.1, -0.05) is 18.2 Å². The van der Waals surface area contributed by atoms with Crippen molar-refractivity contribution in [2.75, 3.05) is 13.2 Å². The lowest BCUT2D eigenvalue weighted by molar-refractivity contribution is 0.0446. The third-order valence-electron chi connectivity index (χ3n) is 3.53. The second-order valence-electron chi connectivity index (χ2n) is 4.81. The average molecular weight is 272 g/mol. The first-order chi connectivity index (χ1) is 9.75. The van der Waals surface area contributed by atoms with Gasteiger partial charge in [0.25, 0.3) is 0 Å². The Kier molecular flexibility index (Phi) is 3.41. The zero-order chi connectivity index (χ0) is 13.9. The molecule has 0 amide bonds. The van der Waals surface area contributed by atoms with Crippen molar-refractivity contribution in [3.8, 4) is 5.75 Å². The second kappa shape index (κ2) is 5.36. The molecule has 1 aromatic heterocycles. The molecule has 20 heavy (non-hydrogen) atoms. The topological polar surface area (TPSA) is 53.4 Å². The Morgan fingerprint density at radius 1 is 1.45 bits per heavy atom. The van der Waals surface area contributed by atoms with Crippen LogP contribution in [0.5, 0.6) is 5.75 Å². The highest BCUT2D eigenvalue weighted by Crippen LogP contribution is 2.33. The molecule has 2 heterocycles. The number of ether oxygens (including phenoxy) is 2. The van der Waals surface area contributed by atoms with E-state index in [4.69, 9.17) is 9.47 Å². The minimum absolute atomic E-state index is 0.192.